The number of aryl methyl sites for hydroxylation is 1. The molecule has 0 aliphatic heterocycles. The Hall–Kier alpha value is -1.56. The van der Waals surface area contributed by atoms with Crippen LogP contribution in [0.5, 0.6) is 0 Å². The number of rotatable bonds is 5. The lowest BCUT2D eigenvalue weighted by Gasteiger charge is -2.21. The van der Waals surface area contributed by atoms with Crippen molar-refractivity contribution in [3.05, 3.63) is 57.2 Å². The average molecular weight is 408 g/mol. The van der Waals surface area contributed by atoms with Crippen LogP contribution in [-0.4, -0.2) is 19.0 Å². The highest BCUT2D eigenvalue weighted by Gasteiger charge is 2.11. The summed E-state index contributed by atoms with van der Waals surface area (Å²) in [6, 6.07) is 13.8. The van der Waals surface area contributed by atoms with Crippen LogP contribution in [0.15, 0.2) is 42.5 Å². The molecule has 2 aromatic carbocycles. The Balaban J connectivity index is 2.14. The number of carbonyl (C=O) groups excluding carboxylic acids is 1. The third-order valence-corrected chi connectivity index (χ3v) is 5.12. The smallest absolute Gasteiger partial charge is 0.256 e. The number of carbonyl (C=O) groups is 1. The van der Waals surface area contributed by atoms with E-state index in [4.69, 9.17) is 0 Å². The van der Waals surface area contributed by atoms with Gasteiger partial charge in [-0.25, -0.2) is 0 Å². The van der Waals surface area contributed by atoms with E-state index in [1.54, 1.807) is 0 Å². The van der Waals surface area contributed by atoms with Crippen LogP contribution in [0.1, 0.15) is 29.8 Å². The molecule has 0 bridgehead atoms. The summed E-state index contributed by atoms with van der Waals surface area (Å²) in [5.74, 6) is -0.0660. The van der Waals surface area contributed by atoms with Gasteiger partial charge in [0.05, 0.1) is 5.56 Å². The maximum atomic E-state index is 12.4. The van der Waals surface area contributed by atoms with Gasteiger partial charge in [0.1, 0.15) is 0 Å². The SMILES string of the molecule is CCN(CC)c1ccc(NC(=O)c2cccc(C)c2I)cc1. The molecule has 0 atom stereocenters. The Morgan fingerprint density at radius 3 is 2.32 bits per heavy atom. The summed E-state index contributed by atoms with van der Waals surface area (Å²) in [4.78, 5) is 14.7. The maximum absolute atomic E-state index is 12.4. The van der Waals surface area contributed by atoms with Crippen LogP contribution in [0, 0.1) is 10.5 Å². The Kier molecular flexibility index (Phi) is 5.83. The van der Waals surface area contributed by atoms with Gasteiger partial charge in [0, 0.05) is 28.0 Å². The van der Waals surface area contributed by atoms with Crippen LogP contribution in [0.4, 0.5) is 11.4 Å². The van der Waals surface area contributed by atoms with Crippen molar-refractivity contribution < 1.29 is 4.79 Å². The second kappa shape index (κ2) is 7.63. The minimum absolute atomic E-state index is 0.0660. The molecule has 0 unspecified atom stereocenters. The van der Waals surface area contributed by atoms with Crippen LogP contribution < -0.4 is 10.2 Å². The van der Waals surface area contributed by atoms with Crippen LogP contribution in [0.2, 0.25) is 0 Å². The average Bonchev–Trinajstić information content (AvgIpc) is 2.52. The number of nitrogens with zero attached hydrogens (tertiary/aromatic N) is 1. The predicted octanol–water partition coefficient (Wildman–Crippen LogP) is 4.70. The minimum atomic E-state index is -0.0660. The third kappa shape index (κ3) is 3.80. The van der Waals surface area contributed by atoms with Crippen molar-refractivity contribution in [2.75, 3.05) is 23.3 Å². The van der Waals surface area contributed by atoms with Crippen molar-refractivity contribution in [3.63, 3.8) is 0 Å². The van der Waals surface area contributed by atoms with E-state index in [0.717, 1.165) is 27.9 Å². The van der Waals surface area contributed by atoms with Crippen molar-refractivity contribution in [1.29, 1.82) is 0 Å². The normalized spacial score (nSPS) is 10.4. The van der Waals surface area contributed by atoms with Crippen LogP contribution in [-0.2, 0) is 0 Å². The first kappa shape index (κ1) is 16.8. The van der Waals surface area contributed by atoms with E-state index < -0.39 is 0 Å². The van der Waals surface area contributed by atoms with Crippen molar-refractivity contribution in [3.8, 4) is 0 Å². The Labute approximate surface area is 145 Å². The quantitative estimate of drug-likeness (QED) is 0.728. The molecule has 0 aliphatic carbocycles. The fraction of sp³-hybridized carbons (Fsp3) is 0.278. The molecule has 1 amide bonds. The van der Waals surface area contributed by atoms with E-state index in [2.05, 4.69) is 46.7 Å². The Morgan fingerprint density at radius 2 is 1.73 bits per heavy atom. The van der Waals surface area contributed by atoms with Crippen LogP contribution in [0.3, 0.4) is 0 Å². The van der Waals surface area contributed by atoms with Gasteiger partial charge < -0.3 is 10.2 Å². The maximum Gasteiger partial charge on any atom is 0.256 e. The van der Waals surface area contributed by atoms with Crippen LogP contribution >= 0.6 is 22.6 Å². The number of nitrogens with one attached hydrogen (secondary N) is 1. The first-order valence-electron chi connectivity index (χ1n) is 7.48. The molecule has 0 fully saturated rings. The molecular weight excluding hydrogens is 387 g/mol. The predicted molar refractivity (Wildman–Crippen MR) is 102 cm³/mol. The number of hydrogen-bond donors (Lipinski definition) is 1. The second-order valence-corrected chi connectivity index (χ2v) is 6.19. The van der Waals surface area contributed by atoms with Gasteiger partial charge in [-0.05, 0) is 79.3 Å². The molecule has 2 aromatic rings. The molecular formula is C18H21IN2O. The molecule has 0 saturated heterocycles. The summed E-state index contributed by atoms with van der Waals surface area (Å²) in [7, 11) is 0. The highest BCUT2D eigenvalue weighted by molar-refractivity contribution is 14.1. The molecule has 2 rings (SSSR count). The molecule has 4 heteroatoms. The van der Waals surface area contributed by atoms with Crippen LogP contribution in [0.25, 0.3) is 0 Å². The van der Waals surface area contributed by atoms with Gasteiger partial charge in [0.25, 0.3) is 5.91 Å². The largest absolute Gasteiger partial charge is 0.372 e. The molecule has 0 aromatic heterocycles. The van der Waals surface area contributed by atoms with Crippen molar-refractivity contribution in [1.82, 2.24) is 0 Å². The zero-order chi connectivity index (χ0) is 16.1. The lowest BCUT2D eigenvalue weighted by atomic mass is 10.1. The summed E-state index contributed by atoms with van der Waals surface area (Å²) in [5.41, 5.74) is 3.82. The Bertz CT molecular complexity index is 649. The lowest BCUT2D eigenvalue weighted by molar-refractivity contribution is 0.102. The van der Waals surface area contributed by atoms with E-state index in [1.165, 1.54) is 5.69 Å². The van der Waals surface area contributed by atoms with E-state index in [-0.39, 0.29) is 5.91 Å². The van der Waals surface area contributed by atoms with E-state index in [9.17, 15) is 4.79 Å². The van der Waals surface area contributed by atoms with E-state index >= 15 is 0 Å². The molecule has 0 heterocycles. The van der Waals surface area contributed by atoms with Gasteiger partial charge in [-0.15, -0.1) is 0 Å². The molecule has 0 radical (unpaired) electrons. The number of hydrogen-bond acceptors (Lipinski definition) is 2. The molecule has 1 N–H and O–H groups in total. The van der Waals surface area contributed by atoms with Gasteiger partial charge in [0.15, 0.2) is 0 Å². The molecule has 3 nitrogen and oxygen atoms in total. The summed E-state index contributed by atoms with van der Waals surface area (Å²) < 4.78 is 0.998. The summed E-state index contributed by atoms with van der Waals surface area (Å²) in [6.07, 6.45) is 0. The number of halogens is 1. The molecule has 0 saturated carbocycles. The summed E-state index contributed by atoms with van der Waals surface area (Å²) in [5, 5.41) is 2.97. The fourth-order valence-electron chi connectivity index (χ4n) is 2.37. The summed E-state index contributed by atoms with van der Waals surface area (Å²) >= 11 is 2.22. The molecule has 0 aliphatic rings. The Morgan fingerprint density at radius 1 is 1.09 bits per heavy atom. The third-order valence-electron chi connectivity index (χ3n) is 3.69. The highest BCUT2D eigenvalue weighted by atomic mass is 127. The molecule has 0 spiro atoms. The zero-order valence-corrected chi connectivity index (χ0v) is 15.3. The second-order valence-electron chi connectivity index (χ2n) is 5.11. The standard InChI is InChI=1S/C18H21IN2O/c1-4-21(5-2)15-11-9-14(10-12-15)20-18(22)16-8-6-7-13(3)17(16)19/h6-12H,4-5H2,1-3H3,(H,20,22). The number of benzene rings is 2. The van der Waals surface area contributed by atoms with Gasteiger partial charge in [-0.3, -0.25) is 4.79 Å². The molecule has 22 heavy (non-hydrogen) atoms. The summed E-state index contributed by atoms with van der Waals surface area (Å²) in [6.45, 7) is 8.24. The zero-order valence-electron chi connectivity index (χ0n) is 13.2. The van der Waals surface area contributed by atoms with Crippen molar-refractivity contribution in [2.45, 2.75) is 20.8 Å². The van der Waals surface area contributed by atoms with Gasteiger partial charge in [0.2, 0.25) is 0 Å². The van der Waals surface area contributed by atoms with Crippen molar-refractivity contribution in [2.24, 2.45) is 0 Å². The molecule has 116 valence electrons. The first-order chi connectivity index (χ1) is 10.6. The van der Waals surface area contributed by atoms with E-state index in [0.29, 0.717) is 5.56 Å². The number of anilines is 2. The lowest BCUT2D eigenvalue weighted by Crippen LogP contribution is -2.21. The van der Waals surface area contributed by atoms with Crippen molar-refractivity contribution >= 4 is 39.9 Å². The minimum Gasteiger partial charge on any atom is -0.372 e. The highest BCUT2D eigenvalue weighted by Crippen LogP contribution is 2.20. The van der Waals surface area contributed by atoms with Gasteiger partial charge in [-0.1, -0.05) is 12.1 Å². The van der Waals surface area contributed by atoms with E-state index in [1.807, 2.05) is 49.4 Å². The number of amides is 1. The topological polar surface area (TPSA) is 32.3 Å². The van der Waals surface area contributed by atoms with Gasteiger partial charge in [-0.2, -0.15) is 0 Å². The monoisotopic (exact) mass is 408 g/mol. The van der Waals surface area contributed by atoms with Gasteiger partial charge >= 0.3 is 0 Å². The fourth-order valence-corrected chi connectivity index (χ4v) is 2.97. The first-order valence-corrected chi connectivity index (χ1v) is 8.56.